The molecule has 0 bridgehead atoms. The summed E-state index contributed by atoms with van der Waals surface area (Å²) in [6.07, 6.45) is 1.96. The number of hydrogen-bond acceptors (Lipinski definition) is 2. The fourth-order valence-corrected chi connectivity index (χ4v) is 5.67. The maximum Gasteiger partial charge on any atom is 0.0493 e. The minimum absolute atomic E-state index is 0.979. The molecule has 42 heavy (non-hydrogen) atoms. The molecule has 0 heterocycles. The summed E-state index contributed by atoms with van der Waals surface area (Å²) in [4.78, 5) is 4.71. The Labute approximate surface area is 250 Å². The number of hydrogen-bond donors (Lipinski definition) is 0. The standard InChI is InChI=1S/C40H36N2/c1-3-31-15-11-13-21-39(31)41(35-17-7-5-8-18-35)37-27-23-33(24-28-37)34-25-29-38(30-26-34)42(36-19-9-6-10-20-36)40-22-14-12-16-32(40)4-2/h5-30H,3-4H2,1-2H3. The van der Waals surface area contributed by atoms with Crippen LogP contribution in [0.3, 0.4) is 0 Å². The van der Waals surface area contributed by atoms with Gasteiger partial charge in [-0.25, -0.2) is 0 Å². The molecular weight excluding hydrogens is 508 g/mol. The van der Waals surface area contributed by atoms with E-state index < -0.39 is 0 Å². The van der Waals surface area contributed by atoms with Crippen molar-refractivity contribution in [2.45, 2.75) is 26.7 Å². The van der Waals surface area contributed by atoms with Crippen LogP contribution in [0.5, 0.6) is 0 Å². The van der Waals surface area contributed by atoms with Crippen LogP contribution >= 0.6 is 0 Å². The van der Waals surface area contributed by atoms with E-state index in [4.69, 9.17) is 0 Å². The van der Waals surface area contributed by atoms with E-state index in [1.807, 2.05) is 0 Å². The first-order valence-electron chi connectivity index (χ1n) is 14.8. The monoisotopic (exact) mass is 544 g/mol. The smallest absolute Gasteiger partial charge is 0.0493 e. The quantitative estimate of drug-likeness (QED) is 0.179. The molecule has 0 saturated carbocycles. The van der Waals surface area contributed by atoms with Gasteiger partial charge in [-0.1, -0.05) is 111 Å². The predicted octanol–water partition coefficient (Wildman–Crippen LogP) is 11.4. The Morgan fingerprint density at radius 3 is 1.00 bits per heavy atom. The minimum Gasteiger partial charge on any atom is -0.310 e. The molecule has 0 aliphatic carbocycles. The van der Waals surface area contributed by atoms with Crippen molar-refractivity contribution in [3.8, 4) is 11.1 Å². The van der Waals surface area contributed by atoms with E-state index in [1.165, 1.54) is 33.6 Å². The normalized spacial score (nSPS) is 10.8. The summed E-state index contributed by atoms with van der Waals surface area (Å²) in [5, 5.41) is 0. The van der Waals surface area contributed by atoms with Crippen LogP contribution in [0.4, 0.5) is 34.1 Å². The Morgan fingerprint density at radius 1 is 0.333 bits per heavy atom. The Kier molecular flexibility index (Phi) is 8.14. The molecule has 0 N–H and O–H groups in total. The van der Waals surface area contributed by atoms with Gasteiger partial charge in [-0.05, 0) is 95.8 Å². The van der Waals surface area contributed by atoms with E-state index in [0.29, 0.717) is 0 Å². The van der Waals surface area contributed by atoms with Crippen LogP contribution < -0.4 is 9.80 Å². The maximum atomic E-state index is 2.36. The van der Waals surface area contributed by atoms with E-state index >= 15 is 0 Å². The van der Waals surface area contributed by atoms with Gasteiger partial charge in [0.15, 0.2) is 0 Å². The van der Waals surface area contributed by atoms with Crippen LogP contribution in [0.15, 0.2) is 158 Å². The largest absolute Gasteiger partial charge is 0.310 e. The van der Waals surface area contributed by atoms with Crippen molar-refractivity contribution in [3.63, 3.8) is 0 Å². The molecule has 6 aromatic rings. The number of anilines is 6. The molecule has 2 heteroatoms. The first-order chi connectivity index (χ1) is 20.8. The summed E-state index contributed by atoms with van der Waals surface area (Å²) >= 11 is 0. The Balaban J connectivity index is 1.34. The lowest BCUT2D eigenvalue weighted by atomic mass is 10.0. The molecule has 0 aromatic heterocycles. The van der Waals surface area contributed by atoms with Crippen molar-refractivity contribution in [1.29, 1.82) is 0 Å². The lowest BCUT2D eigenvalue weighted by Gasteiger charge is -2.28. The van der Waals surface area contributed by atoms with Crippen molar-refractivity contribution in [1.82, 2.24) is 0 Å². The maximum absolute atomic E-state index is 2.36. The van der Waals surface area contributed by atoms with Gasteiger partial charge in [0, 0.05) is 34.1 Å². The van der Waals surface area contributed by atoms with Gasteiger partial charge in [0.25, 0.3) is 0 Å². The third kappa shape index (κ3) is 5.57. The van der Waals surface area contributed by atoms with Crippen molar-refractivity contribution in [3.05, 3.63) is 169 Å². The highest BCUT2D eigenvalue weighted by Gasteiger charge is 2.17. The van der Waals surface area contributed by atoms with Crippen molar-refractivity contribution >= 4 is 34.1 Å². The minimum atomic E-state index is 0.979. The zero-order chi connectivity index (χ0) is 28.7. The number of benzene rings is 6. The summed E-state index contributed by atoms with van der Waals surface area (Å²) in [6, 6.07) is 56.5. The van der Waals surface area contributed by atoms with Gasteiger partial charge in [-0.15, -0.1) is 0 Å². The van der Waals surface area contributed by atoms with Gasteiger partial charge >= 0.3 is 0 Å². The summed E-state index contributed by atoms with van der Waals surface area (Å²) in [5.74, 6) is 0. The molecule has 0 saturated heterocycles. The van der Waals surface area contributed by atoms with Crippen LogP contribution in [0, 0.1) is 0 Å². The number of nitrogens with zero attached hydrogens (tertiary/aromatic N) is 2. The SMILES string of the molecule is CCc1ccccc1N(c1ccccc1)c1ccc(-c2ccc(N(c3ccccc3)c3ccccc3CC)cc2)cc1. The number of rotatable bonds is 9. The summed E-state index contributed by atoms with van der Waals surface area (Å²) in [5.41, 5.74) is 12.1. The summed E-state index contributed by atoms with van der Waals surface area (Å²) in [6.45, 7) is 4.43. The van der Waals surface area contributed by atoms with Gasteiger partial charge in [0.05, 0.1) is 0 Å². The highest BCUT2D eigenvalue weighted by atomic mass is 15.1. The van der Waals surface area contributed by atoms with Crippen LogP contribution in [-0.4, -0.2) is 0 Å². The van der Waals surface area contributed by atoms with Crippen LogP contribution in [0.2, 0.25) is 0 Å². The molecule has 0 aliphatic rings. The Morgan fingerprint density at radius 2 is 0.643 bits per heavy atom. The van der Waals surface area contributed by atoms with Crippen LogP contribution in [0.25, 0.3) is 11.1 Å². The fourth-order valence-electron chi connectivity index (χ4n) is 5.67. The van der Waals surface area contributed by atoms with Crippen molar-refractivity contribution in [2.75, 3.05) is 9.80 Å². The summed E-state index contributed by atoms with van der Waals surface area (Å²) < 4.78 is 0. The molecule has 0 radical (unpaired) electrons. The first-order valence-corrected chi connectivity index (χ1v) is 14.8. The van der Waals surface area contributed by atoms with Crippen LogP contribution in [-0.2, 0) is 12.8 Å². The van der Waals surface area contributed by atoms with Gasteiger partial charge in [0.1, 0.15) is 0 Å². The van der Waals surface area contributed by atoms with Gasteiger partial charge in [-0.2, -0.15) is 0 Å². The first kappa shape index (κ1) is 27.1. The molecule has 0 amide bonds. The average Bonchev–Trinajstić information content (AvgIpc) is 3.07. The molecule has 6 rings (SSSR count). The molecule has 206 valence electrons. The second-order valence-electron chi connectivity index (χ2n) is 10.4. The van der Waals surface area contributed by atoms with Gasteiger partial charge in [-0.3, -0.25) is 0 Å². The number of aryl methyl sites for hydroxylation is 2. The second kappa shape index (κ2) is 12.6. The molecule has 2 nitrogen and oxygen atoms in total. The highest BCUT2D eigenvalue weighted by Crippen LogP contribution is 2.39. The topological polar surface area (TPSA) is 6.48 Å². The Bertz CT molecular complexity index is 1590. The zero-order valence-electron chi connectivity index (χ0n) is 24.3. The van der Waals surface area contributed by atoms with Crippen molar-refractivity contribution in [2.24, 2.45) is 0 Å². The second-order valence-corrected chi connectivity index (χ2v) is 10.4. The fraction of sp³-hybridized carbons (Fsp3) is 0.100. The van der Waals surface area contributed by atoms with Crippen LogP contribution in [0.1, 0.15) is 25.0 Å². The van der Waals surface area contributed by atoms with Gasteiger partial charge < -0.3 is 9.80 Å². The Hall–Kier alpha value is -5.08. The zero-order valence-corrected chi connectivity index (χ0v) is 24.3. The van der Waals surface area contributed by atoms with Crippen molar-refractivity contribution < 1.29 is 0 Å². The van der Waals surface area contributed by atoms with Gasteiger partial charge in [0.2, 0.25) is 0 Å². The number of para-hydroxylation sites is 4. The van der Waals surface area contributed by atoms with E-state index in [2.05, 4.69) is 181 Å². The molecule has 0 fully saturated rings. The van der Waals surface area contributed by atoms with E-state index in [0.717, 1.165) is 35.6 Å². The lowest BCUT2D eigenvalue weighted by Crippen LogP contribution is -2.12. The molecule has 0 spiro atoms. The predicted molar refractivity (Wildman–Crippen MR) is 180 cm³/mol. The third-order valence-corrected chi connectivity index (χ3v) is 7.84. The van der Waals surface area contributed by atoms with E-state index in [-0.39, 0.29) is 0 Å². The van der Waals surface area contributed by atoms with E-state index in [9.17, 15) is 0 Å². The molecular formula is C40H36N2. The molecule has 0 atom stereocenters. The molecule has 6 aromatic carbocycles. The lowest BCUT2D eigenvalue weighted by molar-refractivity contribution is 1.11. The molecule has 0 aliphatic heterocycles. The molecule has 0 unspecified atom stereocenters. The van der Waals surface area contributed by atoms with E-state index in [1.54, 1.807) is 0 Å². The summed E-state index contributed by atoms with van der Waals surface area (Å²) in [7, 11) is 0. The highest BCUT2D eigenvalue weighted by molar-refractivity contribution is 5.82. The average molecular weight is 545 g/mol. The third-order valence-electron chi connectivity index (χ3n) is 7.84.